The summed E-state index contributed by atoms with van der Waals surface area (Å²) in [7, 11) is 0. The van der Waals surface area contributed by atoms with Gasteiger partial charge in [0.05, 0.1) is 15.9 Å². The van der Waals surface area contributed by atoms with E-state index in [0.717, 1.165) is 21.6 Å². The topological polar surface area (TPSA) is 45.2 Å². The molecular formula is C20H16N2OS. The van der Waals surface area contributed by atoms with Gasteiger partial charge in [-0.3, -0.25) is 4.98 Å². The highest BCUT2D eigenvalue weighted by Crippen LogP contribution is 2.37. The van der Waals surface area contributed by atoms with Crippen molar-refractivity contribution in [1.29, 1.82) is 0 Å². The first-order chi connectivity index (χ1) is 11.7. The smallest absolute Gasteiger partial charge is 0.117 e. The van der Waals surface area contributed by atoms with Crippen molar-refractivity contribution in [3.8, 4) is 16.2 Å². The molecule has 2 aromatic carbocycles. The minimum Gasteiger partial charge on any atom is -0.508 e. The zero-order chi connectivity index (χ0) is 16.5. The Balaban J connectivity index is 1.77. The summed E-state index contributed by atoms with van der Waals surface area (Å²) in [4.78, 5) is 5.69. The Labute approximate surface area is 144 Å². The van der Waals surface area contributed by atoms with Gasteiger partial charge in [-0.2, -0.15) is 0 Å². The van der Waals surface area contributed by atoms with Gasteiger partial charge >= 0.3 is 0 Å². The zero-order valence-electron chi connectivity index (χ0n) is 13.2. The van der Waals surface area contributed by atoms with E-state index in [4.69, 9.17) is 0 Å². The number of aromatic hydroxyl groups is 1. The highest BCUT2D eigenvalue weighted by molar-refractivity contribution is 7.22. The van der Waals surface area contributed by atoms with Gasteiger partial charge in [0.25, 0.3) is 0 Å². The molecule has 0 radical (unpaired) electrons. The fourth-order valence-electron chi connectivity index (χ4n) is 2.72. The molecular weight excluding hydrogens is 316 g/mol. The molecule has 0 unspecified atom stereocenters. The first-order valence-corrected chi connectivity index (χ1v) is 8.52. The van der Waals surface area contributed by atoms with E-state index in [1.54, 1.807) is 29.7 Å². The first kappa shape index (κ1) is 14.7. The molecule has 4 aromatic rings. The number of hydrogen-bond donors (Lipinski definition) is 2. The number of thiophene rings is 1. The number of phenolic OH excluding ortho intramolecular Hbond substituents is 1. The lowest BCUT2D eigenvalue weighted by Gasteiger charge is -2.07. The molecule has 0 spiro atoms. The summed E-state index contributed by atoms with van der Waals surface area (Å²) in [5.74, 6) is 0.247. The van der Waals surface area contributed by atoms with Gasteiger partial charge in [0.2, 0.25) is 0 Å². The van der Waals surface area contributed by atoms with Crippen LogP contribution in [0.25, 0.3) is 20.7 Å². The van der Waals surface area contributed by atoms with E-state index < -0.39 is 0 Å². The Morgan fingerprint density at radius 3 is 2.71 bits per heavy atom. The highest BCUT2D eigenvalue weighted by Gasteiger charge is 2.09. The third-order valence-electron chi connectivity index (χ3n) is 3.84. The number of anilines is 2. The number of aromatic nitrogens is 1. The van der Waals surface area contributed by atoms with Crippen LogP contribution < -0.4 is 5.32 Å². The molecule has 2 heterocycles. The Hall–Kier alpha value is -2.85. The molecule has 0 fully saturated rings. The minimum absolute atomic E-state index is 0.247. The fourth-order valence-corrected chi connectivity index (χ4v) is 3.80. The Kier molecular flexibility index (Phi) is 3.67. The van der Waals surface area contributed by atoms with Crippen molar-refractivity contribution in [3.63, 3.8) is 0 Å². The molecule has 4 heteroatoms. The number of hydrogen-bond acceptors (Lipinski definition) is 4. The number of rotatable bonds is 3. The van der Waals surface area contributed by atoms with Gasteiger partial charge in [0, 0.05) is 22.8 Å². The van der Waals surface area contributed by atoms with Crippen LogP contribution in [-0.2, 0) is 0 Å². The molecule has 0 atom stereocenters. The van der Waals surface area contributed by atoms with Crippen LogP contribution in [0.1, 0.15) is 5.56 Å². The van der Waals surface area contributed by atoms with E-state index >= 15 is 0 Å². The summed E-state index contributed by atoms with van der Waals surface area (Å²) in [6.45, 7) is 2.10. The van der Waals surface area contributed by atoms with Crippen LogP contribution in [-0.4, -0.2) is 10.1 Å². The van der Waals surface area contributed by atoms with Crippen LogP contribution in [0.15, 0.2) is 66.9 Å². The fraction of sp³-hybridized carbons (Fsp3) is 0.0500. The number of nitrogens with one attached hydrogen (secondary N) is 1. The largest absolute Gasteiger partial charge is 0.508 e. The van der Waals surface area contributed by atoms with Gasteiger partial charge in [0.15, 0.2) is 0 Å². The van der Waals surface area contributed by atoms with Crippen molar-refractivity contribution in [2.45, 2.75) is 6.92 Å². The summed E-state index contributed by atoms with van der Waals surface area (Å²) in [6.07, 6.45) is 1.81. The van der Waals surface area contributed by atoms with Gasteiger partial charge in [-0.05, 0) is 36.8 Å². The molecule has 2 aromatic heterocycles. The number of fused-ring (bicyclic) bond motifs is 1. The summed E-state index contributed by atoms with van der Waals surface area (Å²) in [6, 6.07) is 19.7. The molecule has 4 rings (SSSR count). The number of nitrogens with zero attached hydrogens (tertiary/aromatic N) is 1. The summed E-state index contributed by atoms with van der Waals surface area (Å²) >= 11 is 1.72. The zero-order valence-corrected chi connectivity index (χ0v) is 14.0. The molecule has 0 saturated carbocycles. The maximum absolute atomic E-state index is 9.63. The van der Waals surface area contributed by atoms with E-state index in [1.165, 1.54) is 16.0 Å². The van der Waals surface area contributed by atoms with Crippen LogP contribution in [0, 0.1) is 6.92 Å². The van der Waals surface area contributed by atoms with E-state index in [1.807, 2.05) is 18.2 Å². The number of benzene rings is 2. The summed E-state index contributed by atoms with van der Waals surface area (Å²) in [5, 5.41) is 13.0. The third-order valence-corrected chi connectivity index (χ3v) is 5.05. The van der Waals surface area contributed by atoms with Crippen molar-refractivity contribution in [1.82, 2.24) is 4.98 Å². The molecule has 2 N–H and O–H groups in total. The monoisotopic (exact) mass is 332 g/mol. The molecule has 118 valence electrons. The highest BCUT2D eigenvalue weighted by atomic mass is 32.1. The molecule has 0 amide bonds. The van der Waals surface area contributed by atoms with Crippen molar-refractivity contribution in [3.05, 3.63) is 72.4 Å². The predicted molar refractivity (Wildman–Crippen MR) is 101 cm³/mol. The lowest BCUT2D eigenvalue weighted by atomic mass is 10.1. The molecule has 0 aliphatic heterocycles. The minimum atomic E-state index is 0.247. The van der Waals surface area contributed by atoms with Gasteiger partial charge < -0.3 is 10.4 Å². The van der Waals surface area contributed by atoms with Crippen molar-refractivity contribution in [2.75, 3.05) is 5.32 Å². The molecule has 3 nitrogen and oxygen atoms in total. The molecule has 24 heavy (non-hydrogen) atoms. The van der Waals surface area contributed by atoms with Gasteiger partial charge in [-0.1, -0.05) is 35.9 Å². The normalized spacial score (nSPS) is 10.9. The number of aryl methyl sites for hydroxylation is 1. The lowest BCUT2D eigenvalue weighted by molar-refractivity contribution is 0.475. The predicted octanol–water partition coefficient (Wildman–Crippen LogP) is 5.72. The van der Waals surface area contributed by atoms with Gasteiger partial charge in [-0.25, -0.2) is 0 Å². The Morgan fingerprint density at radius 1 is 1.00 bits per heavy atom. The average Bonchev–Trinajstić information content (AvgIpc) is 3.00. The van der Waals surface area contributed by atoms with Crippen LogP contribution >= 0.6 is 11.3 Å². The van der Waals surface area contributed by atoms with Crippen LogP contribution in [0.3, 0.4) is 0 Å². The standard InChI is InChI=1S/C20H16N2OS/c1-13-4-2-5-14(10-13)19-12-18-20(24-19)17(8-9-21-18)22-15-6-3-7-16(23)11-15/h2-12,23H,1H3,(H,21,22). The van der Waals surface area contributed by atoms with E-state index in [2.05, 4.69) is 47.6 Å². The van der Waals surface area contributed by atoms with Crippen molar-refractivity contribution < 1.29 is 5.11 Å². The number of phenols is 1. The number of pyridine rings is 1. The van der Waals surface area contributed by atoms with Crippen molar-refractivity contribution >= 4 is 32.9 Å². The van der Waals surface area contributed by atoms with Gasteiger partial charge in [-0.15, -0.1) is 11.3 Å². The second-order valence-electron chi connectivity index (χ2n) is 5.73. The maximum atomic E-state index is 9.63. The Bertz CT molecular complexity index is 1020. The quantitative estimate of drug-likeness (QED) is 0.504. The SMILES string of the molecule is Cc1cccc(-c2cc3nccc(Nc4cccc(O)c4)c3s2)c1. The molecule has 0 aliphatic rings. The molecule has 0 saturated heterocycles. The van der Waals surface area contributed by atoms with E-state index in [0.29, 0.717) is 0 Å². The average molecular weight is 332 g/mol. The van der Waals surface area contributed by atoms with E-state index in [-0.39, 0.29) is 5.75 Å². The molecule has 0 aliphatic carbocycles. The Morgan fingerprint density at radius 2 is 1.88 bits per heavy atom. The second kappa shape index (κ2) is 5.98. The molecule has 0 bridgehead atoms. The lowest BCUT2D eigenvalue weighted by Crippen LogP contribution is -1.90. The van der Waals surface area contributed by atoms with Crippen molar-refractivity contribution in [2.24, 2.45) is 0 Å². The van der Waals surface area contributed by atoms with E-state index in [9.17, 15) is 5.11 Å². The second-order valence-corrected chi connectivity index (χ2v) is 6.78. The van der Waals surface area contributed by atoms with Crippen LogP contribution in [0.4, 0.5) is 11.4 Å². The summed E-state index contributed by atoms with van der Waals surface area (Å²) < 4.78 is 1.11. The van der Waals surface area contributed by atoms with Crippen LogP contribution in [0.5, 0.6) is 5.75 Å². The third kappa shape index (κ3) is 2.84. The van der Waals surface area contributed by atoms with Crippen LogP contribution in [0.2, 0.25) is 0 Å². The maximum Gasteiger partial charge on any atom is 0.117 e. The first-order valence-electron chi connectivity index (χ1n) is 7.71. The van der Waals surface area contributed by atoms with Gasteiger partial charge in [0.1, 0.15) is 5.75 Å². The summed E-state index contributed by atoms with van der Waals surface area (Å²) in [5.41, 5.74) is 5.28.